The van der Waals surface area contributed by atoms with Gasteiger partial charge in [-0.25, -0.2) is 0 Å². The predicted octanol–water partition coefficient (Wildman–Crippen LogP) is 4.11. The van der Waals surface area contributed by atoms with Gasteiger partial charge in [0.05, 0.1) is 12.2 Å². The summed E-state index contributed by atoms with van der Waals surface area (Å²) in [5.74, 6) is 0.580. The van der Waals surface area contributed by atoms with Crippen LogP contribution in [-0.4, -0.2) is 25.0 Å². The molecule has 0 bridgehead atoms. The van der Waals surface area contributed by atoms with Crippen molar-refractivity contribution in [3.8, 4) is 5.75 Å². The Hall–Kier alpha value is -2.82. The summed E-state index contributed by atoms with van der Waals surface area (Å²) in [6.07, 6.45) is 0.887. The number of amides is 2. The Balaban J connectivity index is 2.05. The number of hydrogen-bond donors (Lipinski definition) is 2. The maximum Gasteiger partial charge on any atom is 0.259 e. The number of nitrogens with one attached hydrogen (secondary N) is 2. The van der Waals surface area contributed by atoms with Gasteiger partial charge in [-0.05, 0) is 48.7 Å². The molecule has 0 atom stereocenters. The molecule has 138 valence electrons. The zero-order valence-corrected chi connectivity index (χ0v) is 15.5. The van der Waals surface area contributed by atoms with Crippen LogP contribution in [0.5, 0.6) is 5.75 Å². The Morgan fingerprint density at radius 3 is 2.35 bits per heavy atom. The van der Waals surface area contributed by atoms with Crippen LogP contribution < -0.4 is 15.4 Å². The number of anilines is 1. The summed E-state index contributed by atoms with van der Waals surface area (Å²) in [6, 6.07) is 14.0. The Kier molecular flexibility index (Phi) is 7.21. The van der Waals surface area contributed by atoms with Gasteiger partial charge in [0.25, 0.3) is 11.8 Å². The van der Waals surface area contributed by atoms with E-state index in [0.29, 0.717) is 41.6 Å². The van der Waals surface area contributed by atoms with Crippen molar-refractivity contribution in [3.05, 3.63) is 59.7 Å². The highest BCUT2D eigenvalue weighted by Gasteiger charge is 2.13. The molecule has 0 saturated carbocycles. The molecule has 2 rings (SSSR count). The van der Waals surface area contributed by atoms with Crippen molar-refractivity contribution in [3.63, 3.8) is 0 Å². The molecule has 0 saturated heterocycles. The van der Waals surface area contributed by atoms with E-state index in [9.17, 15) is 9.59 Å². The fraction of sp³-hybridized carbons (Fsp3) is 0.333. The molecule has 2 aromatic carbocycles. The van der Waals surface area contributed by atoms with Crippen molar-refractivity contribution < 1.29 is 14.3 Å². The first kappa shape index (κ1) is 19.5. The van der Waals surface area contributed by atoms with Gasteiger partial charge < -0.3 is 15.4 Å². The first-order chi connectivity index (χ1) is 12.5. The van der Waals surface area contributed by atoms with Crippen LogP contribution in [0.2, 0.25) is 0 Å². The minimum absolute atomic E-state index is 0.114. The number of para-hydroxylation sites is 1. The summed E-state index contributed by atoms with van der Waals surface area (Å²) in [7, 11) is 0. The fourth-order valence-electron chi connectivity index (χ4n) is 2.28. The van der Waals surface area contributed by atoms with Gasteiger partial charge in [0.1, 0.15) is 5.75 Å². The van der Waals surface area contributed by atoms with E-state index in [1.807, 2.05) is 13.0 Å². The van der Waals surface area contributed by atoms with E-state index in [4.69, 9.17) is 4.74 Å². The quantitative estimate of drug-likeness (QED) is 0.749. The van der Waals surface area contributed by atoms with Crippen molar-refractivity contribution in [2.45, 2.75) is 27.2 Å². The predicted molar refractivity (Wildman–Crippen MR) is 104 cm³/mol. The Bertz CT molecular complexity index is 739. The molecule has 26 heavy (non-hydrogen) atoms. The molecule has 0 unspecified atom stereocenters. The number of ether oxygens (including phenoxy) is 1. The molecule has 2 N–H and O–H groups in total. The molecule has 0 fully saturated rings. The third-order valence-electron chi connectivity index (χ3n) is 3.64. The average Bonchev–Trinajstić information content (AvgIpc) is 2.65. The Morgan fingerprint density at radius 1 is 1.00 bits per heavy atom. The topological polar surface area (TPSA) is 67.4 Å². The molecule has 0 spiro atoms. The monoisotopic (exact) mass is 354 g/mol. The highest BCUT2D eigenvalue weighted by atomic mass is 16.5. The first-order valence-electron chi connectivity index (χ1n) is 8.92. The summed E-state index contributed by atoms with van der Waals surface area (Å²) in [5, 5.41) is 5.67. The zero-order chi connectivity index (χ0) is 18.9. The third-order valence-corrected chi connectivity index (χ3v) is 3.64. The number of carbonyl (C=O) groups is 2. The molecule has 0 aliphatic rings. The number of benzene rings is 2. The lowest BCUT2D eigenvalue weighted by Crippen LogP contribution is -2.23. The van der Waals surface area contributed by atoms with Gasteiger partial charge in [0.2, 0.25) is 0 Å². The zero-order valence-electron chi connectivity index (χ0n) is 15.5. The summed E-state index contributed by atoms with van der Waals surface area (Å²) in [4.78, 5) is 24.5. The maximum absolute atomic E-state index is 12.6. The van der Waals surface area contributed by atoms with Crippen molar-refractivity contribution >= 4 is 17.5 Å². The Labute approximate surface area is 154 Å². The highest BCUT2D eigenvalue weighted by Crippen LogP contribution is 2.20. The summed E-state index contributed by atoms with van der Waals surface area (Å²) in [5.41, 5.74) is 1.68. The molecule has 0 heterocycles. The second kappa shape index (κ2) is 9.61. The van der Waals surface area contributed by atoms with E-state index in [1.54, 1.807) is 42.5 Å². The van der Waals surface area contributed by atoms with Crippen LogP contribution in [0.3, 0.4) is 0 Å². The van der Waals surface area contributed by atoms with E-state index in [-0.39, 0.29) is 11.8 Å². The van der Waals surface area contributed by atoms with Gasteiger partial charge in [-0.3, -0.25) is 9.59 Å². The lowest BCUT2D eigenvalue weighted by molar-refractivity contribution is 0.0953. The molecular formula is C21H26N2O3. The lowest BCUT2D eigenvalue weighted by Gasteiger charge is -2.13. The second-order valence-electron chi connectivity index (χ2n) is 6.49. The summed E-state index contributed by atoms with van der Waals surface area (Å²) >= 11 is 0. The third kappa shape index (κ3) is 5.62. The van der Waals surface area contributed by atoms with E-state index in [2.05, 4.69) is 24.5 Å². The van der Waals surface area contributed by atoms with Gasteiger partial charge in [0.15, 0.2) is 0 Å². The molecule has 5 nitrogen and oxygen atoms in total. The molecule has 2 aromatic rings. The minimum atomic E-state index is -0.243. The number of carbonyl (C=O) groups excluding carboxylic acids is 2. The van der Waals surface area contributed by atoms with E-state index >= 15 is 0 Å². The number of hydrogen-bond acceptors (Lipinski definition) is 3. The Morgan fingerprint density at radius 2 is 1.69 bits per heavy atom. The highest BCUT2D eigenvalue weighted by molar-refractivity contribution is 6.06. The smallest absolute Gasteiger partial charge is 0.259 e. The second-order valence-corrected chi connectivity index (χ2v) is 6.49. The van der Waals surface area contributed by atoms with Crippen molar-refractivity contribution in [2.75, 3.05) is 18.5 Å². The molecule has 0 aliphatic heterocycles. The normalized spacial score (nSPS) is 10.5. The molecule has 0 radical (unpaired) electrons. The molecule has 5 heteroatoms. The van der Waals surface area contributed by atoms with Gasteiger partial charge in [-0.2, -0.15) is 0 Å². The molecular weight excluding hydrogens is 328 g/mol. The van der Waals surface area contributed by atoms with Gasteiger partial charge in [-0.15, -0.1) is 0 Å². The van der Waals surface area contributed by atoms with Crippen LogP contribution in [0.4, 0.5) is 5.69 Å². The molecule has 0 aliphatic carbocycles. The maximum atomic E-state index is 12.6. The van der Waals surface area contributed by atoms with Crippen LogP contribution in [0.25, 0.3) is 0 Å². The van der Waals surface area contributed by atoms with Gasteiger partial charge in [-0.1, -0.05) is 32.9 Å². The van der Waals surface area contributed by atoms with Crippen LogP contribution >= 0.6 is 0 Å². The molecule has 0 aromatic heterocycles. The van der Waals surface area contributed by atoms with Crippen molar-refractivity contribution in [2.24, 2.45) is 5.92 Å². The largest absolute Gasteiger partial charge is 0.492 e. The van der Waals surface area contributed by atoms with E-state index < -0.39 is 0 Å². The van der Waals surface area contributed by atoms with Crippen molar-refractivity contribution in [1.29, 1.82) is 0 Å². The van der Waals surface area contributed by atoms with Crippen LogP contribution in [0.15, 0.2) is 48.5 Å². The number of rotatable bonds is 8. The molecule has 2 amide bonds. The van der Waals surface area contributed by atoms with Crippen LogP contribution in [0.1, 0.15) is 47.9 Å². The summed E-state index contributed by atoms with van der Waals surface area (Å²) in [6.45, 7) is 7.31. The average molecular weight is 354 g/mol. The summed E-state index contributed by atoms with van der Waals surface area (Å²) < 4.78 is 5.73. The van der Waals surface area contributed by atoms with E-state index in [0.717, 1.165) is 6.42 Å². The van der Waals surface area contributed by atoms with Gasteiger partial charge >= 0.3 is 0 Å². The lowest BCUT2D eigenvalue weighted by atomic mass is 10.1. The van der Waals surface area contributed by atoms with E-state index in [1.165, 1.54) is 0 Å². The minimum Gasteiger partial charge on any atom is -0.492 e. The fourth-order valence-corrected chi connectivity index (χ4v) is 2.28. The first-order valence-corrected chi connectivity index (χ1v) is 8.92. The standard InChI is InChI=1S/C21H26N2O3/c1-4-13-22-20(24)16-9-11-17(12-10-16)23-21(25)18-7-5-6-8-19(18)26-14-15(2)3/h5-12,15H,4,13-14H2,1-3H3,(H,22,24)(H,23,25). The SMILES string of the molecule is CCCNC(=O)c1ccc(NC(=O)c2ccccc2OCC(C)C)cc1. The van der Waals surface area contributed by atoms with Crippen molar-refractivity contribution in [1.82, 2.24) is 5.32 Å². The van der Waals surface area contributed by atoms with Crippen LogP contribution in [-0.2, 0) is 0 Å². The van der Waals surface area contributed by atoms with Gasteiger partial charge in [0, 0.05) is 17.8 Å². The van der Waals surface area contributed by atoms with Crippen LogP contribution in [0, 0.1) is 5.92 Å².